The number of nitrogens with one attached hydrogen (secondary N) is 2. The zero-order chi connectivity index (χ0) is 22.3. The van der Waals surface area contributed by atoms with Crippen molar-refractivity contribution in [2.24, 2.45) is 7.05 Å². The first-order valence-corrected chi connectivity index (χ1v) is 11.5. The standard InChI is InChI=1S/C25H27N3O3S.ClH/c1-26-13-5-14-30-19-8-10-20(11-9-19)31-17-18-6-3-4-7-21(18)27-25(29)23-16-24-22(28(23)2)12-15-32-24;/h3-4,6-12,15-16,26H,5,13-14,17H2,1-2H3,(H,27,29);1H. The summed E-state index contributed by atoms with van der Waals surface area (Å²) in [4.78, 5) is 12.9. The zero-order valence-electron chi connectivity index (χ0n) is 18.7. The average molecular weight is 486 g/mol. The van der Waals surface area contributed by atoms with E-state index in [0.717, 1.165) is 45.9 Å². The molecule has 0 saturated carbocycles. The molecule has 0 bridgehead atoms. The summed E-state index contributed by atoms with van der Waals surface area (Å²) >= 11 is 1.63. The predicted molar refractivity (Wildman–Crippen MR) is 137 cm³/mol. The Morgan fingerprint density at radius 2 is 1.76 bits per heavy atom. The van der Waals surface area contributed by atoms with Crippen molar-refractivity contribution < 1.29 is 14.3 Å². The van der Waals surface area contributed by atoms with Crippen molar-refractivity contribution in [1.29, 1.82) is 0 Å². The molecule has 4 rings (SSSR count). The largest absolute Gasteiger partial charge is 0.494 e. The van der Waals surface area contributed by atoms with E-state index in [1.165, 1.54) is 0 Å². The summed E-state index contributed by atoms with van der Waals surface area (Å²) < 4.78 is 14.7. The van der Waals surface area contributed by atoms with Gasteiger partial charge in [-0.1, -0.05) is 18.2 Å². The van der Waals surface area contributed by atoms with Crippen LogP contribution in [0.15, 0.2) is 66.0 Å². The van der Waals surface area contributed by atoms with Crippen LogP contribution in [0.5, 0.6) is 11.5 Å². The molecule has 2 N–H and O–H groups in total. The van der Waals surface area contributed by atoms with E-state index in [-0.39, 0.29) is 18.3 Å². The fourth-order valence-corrected chi connectivity index (χ4v) is 4.30. The van der Waals surface area contributed by atoms with E-state index >= 15 is 0 Å². The van der Waals surface area contributed by atoms with E-state index in [4.69, 9.17) is 9.47 Å². The molecule has 2 aromatic carbocycles. The number of amides is 1. The minimum Gasteiger partial charge on any atom is -0.494 e. The van der Waals surface area contributed by atoms with E-state index < -0.39 is 0 Å². The highest BCUT2D eigenvalue weighted by atomic mass is 35.5. The second-order valence-electron chi connectivity index (χ2n) is 7.44. The lowest BCUT2D eigenvalue weighted by atomic mass is 10.2. The molecule has 0 spiro atoms. The third kappa shape index (κ3) is 6.07. The summed E-state index contributed by atoms with van der Waals surface area (Å²) in [6.07, 6.45) is 0.957. The Kier molecular flexibility index (Phi) is 8.77. The first kappa shape index (κ1) is 24.6. The predicted octanol–water partition coefficient (Wildman–Crippen LogP) is 5.48. The van der Waals surface area contributed by atoms with Gasteiger partial charge in [0.25, 0.3) is 5.91 Å². The van der Waals surface area contributed by atoms with Crippen LogP contribution in [-0.4, -0.2) is 30.7 Å². The van der Waals surface area contributed by atoms with Crippen LogP contribution in [0.1, 0.15) is 22.5 Å². The number of anilines is 1. The van der Waals surface area contributed by atoms with Crippen molar-refractivity contribution >= 4 is 45.6 Å². The van der Waals surface area contributed by atoms with Gasteiger partial charge in [0.15, 0.2) is 0 Å². The van der Waals surface area contributed by atoms with Gasteiger partial charge < -0.3 is 24.7 Å². The van der Waals surface area contributed by atoms with Crippen LogP contribution in [0.2, 0.25) is 0 Å². The fourth-order valence-electron chi connectivity index (χ4n) is 3.45. The molecule has 0 unspecified atom stereocenters. The lowest BCUT2D eigenvalue weighted by Gasteiger charge is -2.13. The lowest BCUT2D eigenvalue weighted by Crippen LogP contribution is -2.17. The number of rotatable bonds is 10. The molecule has 1 amide bonds. The van der Waals surface area contributed by atoms with E-state index in [9.17, 15) is 4.79 Å². The van der Waals surface area contributed by atoms with Crippen molar-refractivity contribution in [3.05, 3.63) is 77.3 Å². The van der Waals surface area contributed by atoms with Crippen LogP contribution in [0.4, 0.5) is 5.69 Å². The Balaban J connectivity index is 0.00000306. The number of benzene rings is 2. The summed E-state index contributed by atoms with van der Waals surface area (Å²) in [5, 5.41) is 8.17. The maximum atomic E-state index is 12.9. The number of aryl methyl sites for hydroxylation is 1. The first-order chi connectivity index (χ1) is 15.7. The Labute approximate surface area is 203 Å². The molecule has 4 aromatic rings. The Hall–Kier alpha value is -3.00. The van der Waals surface area contributed by atoms with Gasteiger partial charge >= 0.3 is 0 Å². The maximum Gasteiger partial charge on any atom is 0.272 e. The molecule has 0 atom stereocenters. The number of halogens is 1. The Morgan fingerprint density at radius 1 is 1.03 bits per heavy atom. The number of ether oxygens (including phenoxy) is 2. The van der Waals surface area contributed by atoms with Crippen LogP contribution in [0.3, 0.4) is 0 Å². The minimum atomic E-state index is -0.136. The van der Waals surface area contributed by atoms with Gasteiger partial charge in [0.05, 0.1) is 16.8 Å². The summed E-state index contributed by atoms with van der Waals surface area (Å²) in [5.41, 5.74) is 3.34. The Bertz CT molecular complexity index is 1190. The second-order valence-corrected chi connectivity index (χ2v) is 8.38. The fraction of sp³-hybridized carbons (Fsp3) is 0.240. The number of aromatic nitrogens is 1. The van der Waals surface area contributed by atoms with Crippen LogP contribution in [0, 0.1) is 0 Å². The van der Waals surface area contributed by atoms with Crippen molar-refractivity contribution in [2.75, 3.05) is 25.5 Å². The van der Waals surface area contributed by atoms with Crippen LogP contribution in [0.25, 0.3) is 10.2 Å². The molecule has 33 heavy (non-hydrogen) atoms. The number of fused-ring (bicyclic) bond motifs is 1. The number of hydrogen-bond donors (Lipinski definition) is 2. The number of hydrogen-bond acceptors (Lipinski definition) is 5. The van der Waals surface area contributed by atoms with Crippen LogP contribution in [-0.2, 0) is 13.7 Å². The SMILES string of the molecule is CNCCCOc1ccc(OCc2ccccc2NC(=O)c2cc3sccc3n2C)cc1.Cl. The molecule has 174 valence electrons. The molecule has 0 aliphatic heterocycles. The molecule has 0 aliphatic carbocycles. The number of carbonyl (C=O) groups is 1. The topological polar surface area (TPSA) is 64.5 Å². The van der Waals surface area contributed by atoms with E-state index in [2.05, 4.69) is 10.6 Å². The highest BCUT2D eigenvalue weighted by molar-refractivity contribution is 7.17. The Morgan fingerprint density at radius 3 is 2.48 bits per heavy atom. The molecule has 0 radical (unpaired) electrons. The van der Waals surface area contributed by atoms with Crippen molar-refractivity contribution in [3.63, 3.8) is 0 Å². The smallest absolute Gasteiger partial charge is 0.272 e. The van der Waals surface area contributed by atoms with Gasteiger partial charge in [0.1, 0.15) is 23.8 Å². The maximum absolute atomic E-state index is 12.9. The summed E-state index contributed by atoms with van der Waals surface area (Å²) in [7, 11) is 3.84. The minimum absolute atomic E-state index is 0. The van der Waals surface area contributed by atoms with Crippen molar-refractivity contribution in [1.82, 2.24) is 9.88 Å². The molecule has 8 heteroatoms. The van der Waals surface area contributed by atoms with Gasteiger partial charge in [-0.05, 0) is 67.9 Å². The summed E-state index contributed by atoms with van der Waals surface area (Å²) in [6.45, 7) is 1.95. The van der Waals surface area contributed by atoms with Crippen LogP contribution < -0.4 is 20.1 Å². The molecule has 0 saturated heterocycles. The molecule has 6 nitrogen and oxygen atoms in total. The quantitative estimate of drug-likeness (QED) is 0.292. The van der Waals surface area contributed by atoms with Crippen LogP contribution >= 0.6 is 23.7 Å². The van der Waals surface area contributed by atoms with Crippen molar-refractivity contribution in [2.45, 2.75) is 13.0 Å². The van der Waals surface area contributed by atoms with Gasteiger partial charge in [0, 0.05) is 18.3 Å². The first-order valence-electron chi connectivity index (χ1n) is 10.6. The van der Waals surface area contributed by atoms with E-state index in [1.807, 2.05) is 84.7 Å². The van der Waals surface area contributed by atoms with Crippen molar-refractivity contribution in [3.8, 4) is 11.5 Å². The van der Waals surface area contributed by atoms with Gasteiger partial charge in [-0.3, -0.25) is 4.79 Å². The number of thiophene rings is 1. The highest BCUT2D eigenvalue weighted by Crippen LogP contribution is 2.26. The third-order valence-electron chi connectivity index (χ3n) is 5.22. The molecule has 0 fully saturated rings. The normalized spacial score (nSPS) is 10.6. The number of carbonyl (C=O) groups excluding carboxylic acids is 1. The van der Waals surface area contributed by atoms with Gasteiger partial charge in [0.2, 0.25) is 0 Å². The van der Waals surface area contributed by atoms with E-state index in [1.54, 1.807) is 11.3 Å². The molecule has 0 aliphatic rings. The molecule has 2 aromatic heterocycles. The van der Waals surface area contributed by atoms with Gasteiger partial charge in [-0.15, -0.1) is 23.7 Å². The molecular weight excluding hydrogens is 458 g/mol. The third-order valence-corrected chi connectivity index (χ3v) is 6.07. The summed E-state index contributed by atoms with van der Waals surface area (Å²) in [5.74, 6) is 1.43. The monoisotopic (exact) mass is 485 g/mol. The zero-order valence-corrected chi connectivity index (χ0v) is 20.3. The van der Waals surface area contributed by atoms with Gasteiger partial charge in [-0.2, -0.15) is 0 Å². The van der Waals surface area contributed by atoms with Gasteiger partial charge in [-0.25, -0.2) is 0 Å². The number of nitrogens with zero attached hydrogens (tertiary/aromatic N) is 1. The second kappa shape index (κ2) is 11.7. The number of para-hydroxylation sites is 1. The summed E-state index contributed by atoms with van der Waals surface area (Å²) in [6, 6.07) is 19.2. The lowest BCUT2D eigenvalue weighted by molar-refractivity contribution is 0.101. The highest BCUT2D eigenvalue weighted by Gasteiger charge is 2.15. The average Bonchev–Trinajstić information content (AvgIpc) is 3.40. The molecule has 2 heterocycles. The van der Waals surface area contributed by atoms with E-state index in [0.29, 0.717) is 18.9 Å². The molecular formula is C25H28ClN3O3S.